The van der Waals surface area contributed by atoms with Crippen molar-refractivity contribution >= 4 is 0 Å². The van der Waals surface area contributed by atoms with Crippen molar-refractivity contribution in [3.8, 4) is 0 Å². The van der Waals surface area contributed by atoms with Crippen LogP contribution in [0.4, 0.5) is 0 Å². The number of nitrogens with zero attached hydrogens (tertiary/aromatic N) is 1. The van der Waals surface area contributed by atoms with Gasteiger partial charge in [-0.3, -0.25) is 0 Å². The fourth-order valence-corrected chi connectivity index (χ4v) is 1.84. The van der Waals surface area contributed by atoms with Crippen molar-refractivity contribution in [2.75, 3.05) is 13.6 Å². The van der Waals surface area contributed by atoms with Gasteiger partial charge in [-0.25, -0.2) is 0 Å². The zero-order valence-corrected chi connectivity index (χ0v) is 12.4. The van der Waals surface area contributed by atoms with E-state index in [1.165, 1.54) is 5.56 Å². The molecule has 0 aliphatic carbocycles. The van der Waals surface area contributed by atoms with Crippen LogP contribution in [0.3, 0.4) is 0 Å². The molecule has 1 aromatic carbocycles. The quantitative estimate of drug-likeness (QED) is 0.635. The minimum Gasteiger partial charge on any atom is -0.375 e. The van der Waals surface area contributed by atoms with Crippen LogP contribution in [-0.2, 0) is 0 Å². The molecule has 1 rings (SSSR count). The van der Waals surface area contributed by atoms with Gasteiger partial charge in [-0.05, 0) is 30.9 Å². The second-order valence-electron chi connectivity index (χ2n) is 5.19. The highest BCUT2D eigenvalue weighted by atomic mass is 15.1. The lowest BCUT2D eigenvalue weighted by atomic mass is 9.98. The highest BCUT2D eigenvalue weighted by Crippen LogP contribution is 2.19. The Morgan fingerprint density at radius 1 is 1.21 bits per heavy atom. The number of hydrogen-bond donors (Lipinski definition) is 0. The zero-order valence-electron chi connectivity index (χ0n) is 12.4. The van der Waals surface area contributed by atoms with Gasteiger partial charge in [-0.2, -0.15) is 0 Å². The molecule has 0 aliphatic rings. The summed E-state index contributed by atoms with van der Waals surface area (Å²) in [5.74, 6) is 0.571. The van der Waals surface area contributed by atoms with Gasteiger partial charge in [0.15, 0.2) is 0 Å². The lowest BCUT2D eigenvalue weighted by molar-refractivity contribution is 0.406. The fourth-order valence-electron chi connectivity index (χ4n) is 1.84. The number of likely N-dealkylation sites (N-methyl/N-ethyl adjacent to an activating group) is 1. The normalized spacial score (nSPS) is 12.4. The van der Waals surface area contributed by atoms with Gasteiger partial charge in [0.1, 0.15) is 0 Å². The van der Waals surface area contributed by atoms with Gasteiger partial charge in [-0.1, -0.05) is 62.1 Å². The van der Waals surface area contributed by atoms with Gasteiger partial charge in [0.05, 0.1) is 0 Å². The van der Waals surface area contributed by atoms with E-state index in [1.807, 2.05) is 19.1 Å². The number of rotatable bonds is 7. The van der Waals surface area contributed by atoms with Crippen LogP contribution in [-0.4, -0.2) is 18.5 Å². The van der Waals surface area contributed by atoms with Crippen LogP contribution in [0.25, 0.3) is 0 Å². The fraction of sp³-hybridized carbons (Fsp3) is 0.333. The number of benzene rings is 1. The molecule has 1 nitrogen and oxygen atoms in total. The molecule has 0 spiro atoms. The Bertz CT molecular complexity index is 442. The summed E-state index contributed by atoms with van der Waals surface area (Å²) >= 11 is 0. The SMILES string of the molecule is C=C(C)/C=C\C(=C)N(C)CCC(C)c1ccccc1. The summed E-state index contributed by atoms with van der Waals surface area (Å²) in [7, 11) is 2.09. The summed E-state index contributed by atoms with van der Waals surface area (Å²) in [5, 5.41) is 0. The van der Waals surface area contributed by atoms with E-state index >= 15 is 0 Å². The Morgan fingerprint density at radius 2 is 1.84 bits per heavy atom. The molecule has 0 aliphatic heterocycles. The summed E-state index contributed by atoms with van der Waals surface area (Å²) in [6, 6.07) is 10.7. The molecule has 1 heteroatoms. The average molecular weight is 255 g/mol. The van der Waals surface area contributed by atoms with Gasteiger partial charge in [-0.15, -0.1) is 0 Å². The van der Waals surface area contributed by atoms with Gasteiger partial charge in [0, 0.05) is 19.3 Å². The summed E-state index contributed by atoms with van der Waals surface area (Å²) in [5.41, 5.74) is 3.48. The second-order valence-corrected chi connectivity index (χ2v) is 5.19. The minimum absolute atomic E-state index is 0.571. The lowest BCUT2D eigenvalue weighted by Gasteiger charge is -2.22. The van der Waals surface area contributed by atoms with E-state index in [9.17, 15) is 0 Å². The highest BCUT2D eigenvalue weighted by Gasteiger charge is 2.06. The zero-order chi connectivity index (χ0) is 14.3. The lowest BCUT2D eigenvalue weighted by Crippen LogP contribution is -2.18. The van der Waals surface area contributed by atoms with Crippen LogP contribution in [0.5, 0.6) is 0 Å². The molecular formula is C18H25N. The molecule has 19 heavy (non-hydrogen) atoms. The number of hydrogen-bond acceptors (Lipinski definition) is 1. The molecular weight excluding hydrogens is 230 g/mol. The summed E-state index contributed by atoms with van der Waals surface area (Å²) in [6.07, 6.45) is 5.15. The smallest absolute Gasteiger partial charge is 0.0290 e. The molecule has 0 saturated heterocycles. The molecule has 0 saturated carbocycles. The maximum Gasteiger partial charge on any atom is 0.0290 e. The third kappa shape index (κ3) is 5.60. The third-order valence-electron chi connectivity index (χ3n) is 3.32. The second kappa shape index (κ2) is 7.63. The summed E-state index contributed by atoms with van der Waals surface area (Å²) in [6.45, 7) is 13.2. The molecule has 0 fully saturated rings. The van der Waals surface area contributed by atoms with Crippen LogP contribution < -0.4 is 0 Å². The number of allylic oxidation sites excluding steroid dienone is 3. The predicted octanol–water partition coefficient (Wildman–Crippen LogP) is 4.76. The van der Waals surface area contributed by atoms with Crippen molar-refractivity contribution in [2.45, 2.75) is 26.2 Å². The molecule has 0 heterocycles. The summed E-state index contributed by atoms with van der Waals surface area (Å²) < 4.78 is 0. The van der Waals surface area contributed by atoms with Crippen molar-refractivity contribution < 1.29 is 0 Å². The van der Waals surface area contributed by atoms with Crippen LogP contribution in [0.1, 0.15) is 31.7 Å². The average Bonchev–Trinajstić information content (AvgIpc) is 2.42. The van der Waals surface area contributed by atoms with Gasteiger partial charge < -0.3 is 4.90 Å². The Kier molecular flexibility index (Phi) is 6.14. The summed E-state index contributed by atoms with van der Waals surface area (Å²) in [4.78, 5) is 2.19. The Morgan fingerprint density at radius 3 is 2.42 bits per heavy atom. The predicted molar refractivity (Wildman–Crippen MR) is 85.2 cm³/mol. The Hall–Kier alpha value is -1.76. The molecule has 0 N–H and O–H groups in total. The molecule has 0 aromatic heterocycles. The van der Waals surface area contributed by atoms with Crippen LogP contribution in [0, 0.1) is 0 Å². The molecule has 1 aromatic rings. The van der Waals surface area contributed by atoms with E-state index in [2.05, 4.69) is 62.4 Å². The maximum absolute atomic E-state index is 4.08. The van der Waals surface area contributed by atoms with Crippen LogP contribution >= 0.6 is 0 Å². The Labute approximate surface area is 118 Å². The van der Waals surface area contributed by atoms with Crippen molar-refractivity contribution in [3.63, 3.8) is 0 Å². The van der Waals surface area contributed by atoms with E-state index in [4.69, 9.17) is 0 Å². The first-order valence-electron chi connectivity index (χ1n) is 6.79. The highest BCUT2D eigenvalue weighted by molar-refractivity contribution is 5.22. The monoisotopic (exact) mass is 255 g/mol. The first-order valence-corrected chi connectivity index (χ1v) is 6.79. The third-order valence-corrected chi connectivity index (χ3v) is 3.32. The van der Waals surface area contributed by atoms with Crippen molar-refractivity contribution in [1.29, 1.82) is 0 Å². The largest absolute Gasteiger partial charge is 0.375 e. The molecule has 0 radical (unpaired) electrons. The van der Waals surface area contributed by atoms with Crippen molar-refractivity contribution in [2.24, 2.45) is 0 Å². The van der Waals surface area contributed by atoms with Crippen molar-refractivity contribution in [3.05, 3.63) is 72.5 Å². The van der Waals surface area contributed by atoms with Crippen LogP contribution in [0.15, 0.2) is 66.9 Å². The molecule has 102 valence electrons. The van der Waals surface area contributed by atoms with Gasteiger partial charge in [0.25, 0.3) is 0 Å². The van der Waals surface area contributed by atoms with E-state index in [0.29, 0.717) is 5.92 Å². The molecule has 1 unspecified atom stereocenters. The van der Waals surface area contributed by atoms with Gasteiger partial charge in [0.2, 0.25) is 0 Å². The van der Waals surface area contributed by atoms with Gasteiger partial charge >= 0.3 is 0 Å². The minimum atomic E-state index is 0.571. The molecule has 1 atom stereocenters. The van der Waals surface area contributed by atoms with E-state index in [-0.39, 0.29) is 0 Å². The first kappa shape index (κ1) is 15.3. The molecule has 0 bridgehead atoms. The van der Waals surface area contributed by atoms with Crippen molar-refractivity contribution in [1.82, 2.24) is 4.90 Å². The topological polar surface area (TPSA) is 3.24 Å². The maximum atomic E-state index is 4.08. The van der Waals surface area contributed by atoms with Crippen LogP contribution in [0.2, 0.25) is 0 Å². The first-order chi connectivity index (χ1) is 9.00. The van der Waals surface area contributed by atoms with E-state index in [0.717, 1.165) is 24.2 Å². The van der Waals surface area contributed by atoms with E-state index in [1.54, 1.807) is 0 Å². The Balaban J connectivity index is 2.44. The van der Waals surface area contributed by atoms with E-state index < -0.39 is 0 Å². The molecule has 0 amide bonds. The standard InChI is InChI=1S/C18H25N/c1-15(2)11-12-17(4)19(5)14-13-16(3)18-9-7-6-8-10-18/h6-12,16H,1,4,13-14H2,2-3,5H3/b12-11-.